The number of hydrogen-bond acceptors (Lipinski definition) is 6. The van der Waals surface area contributed by atoms with Crippen molar-refractivity contribution in [2.45, 2.75) is 32.8 Å². The third kappa shape index (κ3) is 5.17. The smallest absolute Gasteiger partial charge is 0.410 e. The van der Waals surface area contributed by atoms with Crippen LogP contribution in [-0.2, 0) is 14.3 Å². The SMILES string of the molecule is COC(=O)c1ccc(NC(=O)[C@H]2CCN(C(=O)OC(C)(C)C)C2)cn1. The van der Waals surface area contributed by atoms with Crippen molar-refractivity contribution < 1.29 is 23.9 Å². The highest BCUT2D eigenvalue weighted by Crippen LogP contribution is 2.21. The molecule has 2 rings (SSSR count). The molecule has 1 N–H and O–H groups in total. The average Bonchev–Trinajstić information content (AvgIpc) is 3.03. The number of pyridine rings is 1. The minimum Gasteiger partial charge on any atom is -0.464 e. The molecule has 1 aromatic rings. The molecular weight excluding hydrogens is 326 g/mol. The van der Waals surface area contributed by atoms with Crippen LogP contribution in [0.25, 0.3) is 0 Å². The van der Waals surface area contributed by atoms with E-state index in [0.717, 1.165) is 0 Å². The van der Waals surface area contributed by atoms with Crippen LogP contribution < -0.4 is 5.32 Å². The van der Waals surface area contributed by atoms with E-state index >= 15 is 0 Å². The molecule has 136 valence electrons. The van der Waals surface area contributed by atoms with E-state index in [2.05, 4.69) is 15.0 Å². The molecule has 0 bridgehead atoms. The van der Waals surface area contributed by atoms with Gasteiger partial charge < -0.3 is 19.7 Å². The van der Waals surface area contributed by atoms with Gasteiger partial charge in [-0.15, -0.1) is 0 Å². The van der Waals surface area contributed by atoms with Crippen molar-refractivity contribution in [2.24, 2.45) is 5.92 Å². The van der Waals surface area contributed by atoms with E-state index < -0.39 is 17.7 Å². The first-order chi connectivity index (χ1) is 11.7. The normalized spacial score (nSPS) is 17.1. The van der Waals surface area contributed by atoms with Crippen LogP contribution in [0, 0.1) is 5.92 Å². The zero-order valence-corrected chi connectivity index (χ0v) is 14.9. The number of aromatic nitrogens is 1. The fourth-order valence-electron chi connectivity index (χ4n) is 2.40. The summed E-state index contributed by atoms with van der Waals surface area (Å²) < 4.78 is 9.88. The van der Waals surface area contributed by atoms with Gasteiger partial charge in [0.05, 0.1) is 24.9 Å². The van der Waals surface area contributed by atoms with Gasteiger partial charge in [0.25, 0.3) is 0 Å². The number of esters is 1. The van der Waals surface area contributed by atoms with E-state index in [1.54, 1.807) is 26.8 Å². The Morgan fingerprint density at radius 3 is 2.56 bits per heavy atom. The minimum absolute atomic E-state index is 0.164. The third-order valence-electron chi connectivity index (χ3n) is 3.64. The molecule has 2 heterocycles. The second-order valence-electron chi connectivity index (χ2n) is 6.82. The Labute approximate surface area is 146 Å². The molecule has 25 heavy (non-hydrogen) atoms. The number of carbonyl (C=O) groups is 3. The van der Waals surface area contributed by atoms with E-state index in [1.807, 2.05) is 0 Å². The first-order valence-electron chi connectivity index (χ1n) is 8.03. The summed E-state index contributed by atoms with van der Waals surface area (Å²) in [4.78, 5) is 41.2. The molecule has 8 nitrogen and oxygen atoms in total. The molecule has 1 fully saturated rings. The fourth-order valence-corrected chi connectivity index (χ4v) is 2.40. The van der Waals surface area contributed by atoms with Crippen LogP contribution in [0.3, 0.4) is 0 Å². The number of ether oxygens (including phenoxy) is 2. The van der Waals surface area contributed by atoms with E-state index in [1.165, 1.54) is 24.3 Å². The summed E-state index contributed by atoms with van der Waals surface area (Å²) in [5.41, 5.74) is 0.0793. The lowest BCUT2D eigenvalue weighted by atomic mass is 10.1. The van der Waals surface area contributed by atoms with Gasteiger partial charge >= 0.3 is 12.1 Å². The van der Waals surface area contributed by atoms with E-state index in [4.69, 9.17) is 4.74 Å². The van der Waals surface area contributed by atoms with E-state index in [0.29, 0.717) is 25.2 Å². The molecule has 1 aliphatic rings. The second-order valence-corrected chi connectivity index (χ2v) is 6.82. The number of anilines is 1. The lowest BCUT2D eigenvalue weighted by Gasteiger charge is -2.24. The van der Waals surface area contributed by atoms with Gasteiger partial charge in [-0.05, 0) is 39.3 Å². The topological polar surface area (TPSA) is 97.8 Å². The number of hydrogen-bond donors (Lipinski definition) is 1. The van der Waals surface area contributed by atoms with E-state index in [-0.39, 0.29) is 17.5 Å². The van der Waals surface area contributed by atoms with Gasteiger partial charge in [0.2, 0.25) is 5.91 Å². The third-order valence-corrected chi connectivity index (χ3v) is 3.64. The molecule has 1 atom stereocenters. The molecule has 1 saturated heterocycles. The molecule has 2 amide bonds. The zero-order valence-electron chi connectivity index (χ0n) is 14.9. The minimum atomic E-state index is -0.565. The summed E-state index contributed by atoms with van der Waals surface area (Å²) >= 11 is 0. The van der Waals surface area contributed by atoms with Gasteiger partial charge in [-0.1, -0.05) is 0 Å². The molecule has 1 aromatic heterocycles. The summed E-state index contributed by atoms with van der Waals surface area (Å²) in [6, 6.07) is 3.06. The fraction of sp³-hybridized carbons (Fsp3) is 0.529. The van der Waals surface area contributed by atoms with Gasteiger partial charge in [0.15, 0.2) is 0 Å². The molecule has 0 saturated carbocycles. The van der Waals surface area contributed by atoms with Crippen molar-refractivity contribution in [2.75, 3.05) is 25.5 Å². The first kappa shape index (κ1) is 18.7. The molecule has 0 aliphatic carbocycles. The van der Waals surface area contributed by atoms with Gasteiger partial charge in [0.1, 0.15) is 11.3 Å². The molecule has 0 radical (unpaired) electrons. The van der Waals surface area contributed by atoms with Crippen molar-refractivity contribution in [3.8, 4) is 0 Å². The zero-order chi connectivity index (χ0) is 18.6. The first-order valence-corrected chi connectivity index (χ1v) is 8.03. The summed E-state index contributed by atoms with van der Waals surface area (Å²) in [5, 5.41) is 2.74. The van der Waals surface area contributed by atoms with Crippen LogP contribution in [0.1, 0.15) is 37.7 Å². The standard InChI is InChI=1S/C17H23N3O5/c1-17(2,3)25-16(23)20-8-7-11(10-20)14(21)19-12-5-6-13(18-9-12)15(22)24-4/h5-6,9,11H,7-8,10H2,1-4H3,(H,19,21)/t11-/m0/s1. The number of likely N-dealkylation sites (tertiary alicyclic amines) is 1. The lowest BCUT2D eigenvalue weighted by Crippen LogP contribution is -2.36. The molecule has 0 aromatic carbocycles. The van der Waals surface area contributed by atoms with Gasteiger partial charge in [-0.2, -0.15) is 0 Å². The monoisotopic (exact) mass is 349 g/mol. The molecule has 8 heteroatoms. The van der Waals surface area contributed by atoms with Crippen LogP contribution in [-0.4, -0.2) is 53.7 Å². The number of rotatable bonds is 3. The maximum atomic E-state index is 12.3. The second kappa shape index (κ2) is 7.50. The Kier molecular flexibility index (Phi) is 5.61. The van der Waals surface area contributed by atoms with Crippen molar-refractivity contribution >= 4 is 23.7 Å². The van der Waals surface area contributed by atoms with E-state index in [9.17, 15) is 14.4 Å². The lowest BCUT2D eigenvalue weighted by molar-refractivity contribution is -0.119. The Morgan fingerprint density at radius 2 is 2.00 bits per heavy atom. The van der Waals surface area contributed by atoms with Crippen molar-refractivity contribution in [1.29, 1.82) is 0 Å². The summed E-state index contributed by atoms with van der Waals surface area (Å²) in [6.07, 6.45) is 1.55. The number of methoxy groups -OCH3 is 1. The Bertz CT molecular complexity index is 651. The Balaban J connectivity index is 1.90. The van der Waals surface area contributed by atoms with Crippen LogP contribution in [0.2, 0.25) is 0 Å². The Morgan fingerprint density at radius 1 is 1.28 bits per heavy atom. The molecule has 0 spiro atoms. The highest BCUT2D eigenvalue weighted by Gasteiger charge is 2.33. The largest absolute Gasteiger partial charge is 0.464 e. The summed E-state index contributed by atoms with van der Waals surface area (Å²) in [6.45, 7) is 6.20. The van der Waals surface area contributed by atoms with Crippen molar-refractivity contribution in [3.63, 3.8) is 0 Å². The number of nitrogens with zero attached hydrogens (tertiary/aromatic N) is 2. The number of carbonyl (C=O) groups excluding carboxylic acids is 3. The molecule has 0 unspecified atom stereocenters. The maximum absolute atomic E-state index is 12.3. The van der Waals surface area contributed by atoms with Crippen molar-refractivity contribution in [3.05, 3.63) is 24.0 Å². The predicted octanol–water partition coefficient (Wildman–Crippen LogP) is 2.06. The highest BCUT2D eigenvalue weighted by molar-refractivity contribution is 5.93. The van der Waals surface area contributed by atoms with Crippen LogP contribution in [0.4, 0.5) is 10.5 Å². The summed E-state index contributed by atoms with van der Waals surface area (Å²) in [7, 11) is 1.27. The molecular formula is C17H23N3O5. The van der Waals surface area contributed by atoms with Gasteiger partial charge in [-0.3, -0.25) is 4.79 Å². The summed E-state index contributed by atoms with van der Waals surface area (Å²) in [5.74, 6) is -1.05. The number of nitrogens with one attached hydrogen (secondary N) is 1. The predicted molar refractivity (Wildman–Crippen MR) is 90.1 cm³/mol. The maximum Gasteiger partial charge on any atom is 0.410 e. The quantitative estimate of drug-likeness (QED) is 0.839. The van der Waals surface area contributed by atoms with Gasteiger partial charge in [-0.25, -0.2) is 14.6 Å². The highest BCUT2D eigenvalue weighted by atomic mass is 16.6. The van der Waals surface area contributed by atoms with Crippen molar-refractivity contribution in [1.82, 2.24) is 9.88 Å². The van der Waals surface area contributed by atoms with Crippen LogP contribution in [0.15, 0.2) is 18.3 Å². The van der Waals surface area contributed by atoms with Crippen LogP contribution in [0.5, 0.6) is 0 Å². The average molecular weight is 349 g/mol. The van der Waals surface area contributed by atoms with Crippen LogP contribution >= 0.6 is 0 Å². The molecule has 1 aliphatic heterocycles. The van der Waals surface area contributed by atoms with Gasteiger partial charge in [0, 0.05) is 13.1 Å². The number of amides is 2. The Hall–Kier alpha value is -2.64.